The van der Waals surface area contributed by atoms with E-state index in [-0.39, 0.29) is 5.78 Å². The molecule has 3 aromatic rings. The highest BCUT2D eigenvalue weighted by Gasteiger charge is 2.27. The maximum absolute atomic E-state index is 13.5. The van der Waals surface area contributed by atoms with Gasteiger partial charge < -0.3 is 0 Å². The molecule has 0 amide bonds. The van der Waals surface area contributed by atoms with E-state index in [0.29, 0.717) is 27.6 Å². The molecule has 4 heteroatoms. The van der Waals surface area contributed by atoms with Crippen LogP contribution in [0.2, 0.25) is 0 Å². The fourth-order valence-electron chi connectivity index (χ4n) is 3.94. The number of carbonyl (C=O) groups is 2. The van der Waals surface area contributed by atoms with Crippen LogP contribution in [0, 0.1) is 34.6 Å². The average Bonchev–Trinajstić information content (AvgIpc) is 2.67. The van der Waals surface area contributed by atoms with Crippen molar-refractivity contribution < 1.29 is 14.2 Å². The summed E-state index contributed by atoms with van der Waals surface area (Å²) >= 11 is 0. The Balaban J connectivity index is 2.16. The highest BCUT2D eigenvalue weighted by atomic mass is 31.1. The molecule has 0 spiro atoms. The number of hydrogen-bond acceptors (Lipinski definition) is 3. The Morgan fingerprint density at radius 3 is 1.79 bits per heavy atom. The van der Waals surface area contributed by atoms with Crippen LogP contribution in [0.25, 0.3) is 0 Å². The van der Waals surface area contributed by atoms with Crippen LogP contribution in [0.4, 0.5) is 0 Å². The summed E-state index contributed by atoms with van der Waals surface area (Å²) in [6.07, 6.45) is 0. The molecule has 0 N–H and O–H groups in total. The van der Waals surface area contributed by atoms with E-state index in [1.807, 2.05) is 58.0 Å². The molecule has 1 radical (unpaired) electrons. The molecule has 1 unspecified atom stereocenters. The van der Waals surface area contributed by atoms with Crippen molar-refractivity contribution in [3.05, 3.63) is 99.1 Å². The lowest BCUT2D eigenvalue weighted by Crippen LogP contribution is -2.15. The van der Waals surface area contributed by atoms with E-state index in [2.05, 4.69) is 0 Å². The van der Waals surface area contributed by atoms with Crippen LogP contribution in [0.3, 0.4) is 0 Å². The number of aryl methyl sites for hydroxylation is 4. The van der Waals surface area contributed by atoms with E-state index in [1.54, 1.807) is 31.2 Å². The molecule has 0 saturated carbocycles. The highest BCUT2D eigenvalue weighted by Crippen LogP contribution is 2.33. The molecule has 0 aliphatic carbocycles. The third-order valence-corrected chi connectivity index (χ3v) is 6.66. The Morgan fingerprint density at radius 1 is 0.655 bits per heavy atom. The lowest BCUT2D eigenvalue weighted by atomic mass is 9.87. The summed E-state index contributed by atoms with van der Waals surface area (Å²) in [4.78, 5) is 26.6. The summed E-state index contributed by atoms with van der Waals surface area (Å²) in [6, 6.07) is 16.3. The second kappa shape index (κ2) is 8.23. The van der Waals surface area contributed by atoms with Gasteiger partial charge in [-0.3, -0.25) is 14.2 Å². The van der Waals surface area contributed by atoms with Crippen LogP contribution in [0.1, 0.15) is 54.1 Å². The van der Waals surface area contributed by atoms with Crippen molar-refractivity contribution in [2.24, 2.45) is 0 Å². The van der Waals surface area contributed by atoms with Gasteiger partial charge >= 0.3 is 0 Å². The van der Waals surface area contributed by atoms with Crippen molar-refractivity contribution in [1.29, 1.82) is 0 Å². The van der Waals surface area contributed by atoms with Gasteiger partial charge in [0.05, 0.1) is 0 Å². The minimum atomic E-state index is -2.25. The zero-order chi connectivity index (χ0) is 21.3. The first kappa shape index (κ1) is 20.8. The van der Waals surface area contributed by atoms with Crippen LogP contribution in [-0.2, 0) is 4.57 Å². The number of ketones is 1. The minimum Gasteiger partial charge on any atom is -0.289 e. The second-order valence-corrected chi connectivity index (χ2v) is 8.93. The van der Waals surface area contributed by atoms with Gasteiger partial charge in [0.15, 0.2) is 13.6 Å². The maximum atomic E-state index is 13.5. The molecular formula is C25H24O3P. The van der Waals surface area contributed by atoms with Gasteiger partial charge in [0.1, 0.15) is 0 Å². The Morgan fingerprint density at radius 2 is 1.21 bits per heavy atom. The highest BCUT2D eigenvalue weighted by molar-refractivity contribution is 7.71. The van der Waals surface area contributed by atoms with Gasteiger partial charge in [-0.05, 0) is 74.6 Å². The number of benzene rings is 3. The lowest BCUT2D eigenvalue weighted by Gasteiger charge is -2.17. The summed E-state index contributed by atoms with van der Waals surface area (Å²) < 4.78 is 12.9. The van der Waals surface area contributed by atoms with Gasteiger partial charge in [-0.15, -0.1) is 0 Å². The Hall–Kier alpha value is -2.90. The van der Waals surface area contributed by atoms with Gasteiger partial charge in [0.25, 0.3) is 0 Å². The Kier molecular flexibility index (Phi) is 5.91. The van der Waals surface area contributed by atoms with Gasteiger partial charge in [-0.2, -0.15) is 0 Å². The fourth-order valence-corrected chi connectivity index (χ4v) is 5.17. The SMILES string of the molecule is Cc1cccc(C)c1C(=O)c1c(C)cc(C)c(C(=O)[P](=O)c2ccccc2)c1C. The largest absolute Gasteiger partial charge is 0.289 e. The summed E-state index contributed by atoms with van der Waals surface area (Å²) in [5.41, 5.74) is 5.09. The smallest absolute Gasteiger partial charge is 0.247 e. The number of rotatable bonds is 5. The molecule has 3 rings (SSSR count). The van der Waals surface area contributed by atoms with Crippen LogP contribution < -0.4 is 5.30 Å². The third kappa shape index (κ3) is 3.83. The average molecular weight is 403 g/mol. The monoisotopic (exact) mass is 403 g/mol. The molecule has 3 nitrogen and oxygen atoms in total. The standard InChI is InChI=1S/C25H24O3P/c1-15-10-9-11-16(2)21(15)24(26)22-17(3)14-18(4)23(19(22)5)25(27)29(28)20-12-7-6-8-13-20/h6-14H,1-5H3. The quantitative estimate of drug-likeness (QED) is 0.402. The van der Waals surface area contributed by atoms with Gasteiger partial charge in [0, 0.05) is 22.0 Å². The zero-order valence-corrected chi connectivity index (χ0v) is 18.3. The molecule has 0 aliphatic rings. The molecule has 0 fully saturated rings. The molecule has 147 valence electrons. The van der Waals surface area contributed by atoms with E-state index in [0.717, 1.165) is 22.3 Å². The molecule has 3 aromatic carbocycles. The lowest BCUT2D eigenvalue weighted by molar-refractivity contribution is 0.103. The number of carbonyl (C=O) groups excluding carboxylic acids is 2. The van der Waals surface area contributed by atoms with Gasteiger partial charge in [-0.1, -0.05) is 42.5 Å². The summed E-state index contributed by atoms with van der Waals surface area (Å²) in [7, 11) is -2.25. The molecule has 0 aromatic heterocycles. The maximum Gasteiger partial charge on any atom is 0.247 e. The van der Waals surface area contributed by atoms with E-state index >= 15 is 0 Å². The van der Waals surface area contributed by atoms with Crippen molar-refractivity contribution >= 4 is 24.4 Å². The van der Waals surface area contributed by atoms with Gasteiger partial charge in [-0.25, -0.2) is 0 Å². The van der Waals surface area contributed by atoms with E-state index in [1.165, 1.54) is 0 Å². The summed E-state index contributed by atoms with van der Waals surface area (Å²) in [5, 5.41) is 0.495. The van der Waals surface area contributed by atoms with Crippen molar-refractivity contribution in [1.82, 2.24) is 0 Å². The van der Waals surface area contributed by atoms with Crippen LogP contribution in [-0.4, -0.2) is 11.3 Å². The molecule has 0 saturated heterocycles. The van der Waals surface area contributed by atoms with E-state index in [9.17, 15) is 14.2 Å². The summed E-state index contributed by atoms with van der Waals surface area (Å²) in [6.45, 7) is 9.32. The van der Waals surface area contributed by atoms with Crippen LogP contribution in [0.15, 0.2) is 54.6 Å². The molecule has 0 bridgehead atoms. The van der Waals surface area contributed by atoms with E-state index < -0.39 is 13.3 Å². The van der Waals surface area contributed by atoms with E-state index in [4.69, 9.17) is 0 Å². The van der Waals surface area contributed by atoms with Crippen molar-refractivity contribution in [2.75, 3.05) is 0 Å². The Labute approximate surface area is 172 Å². The second-order valence-electron chi connectivity index (χ2n) is 7.42. The van der Waals surface area contributed by atoms with Crippen molar-refractivity contribution in [3.8, 4) is 0 Å². The fraction of sp³-hybridized carbons (Fsp3) is 0.200. The first-order valence-electron chi connectivity index (χ1n) is 9.52. The Bertz CT molecular complexity index is 1120. The van der Waals surface area contributed by atoms with Crippen molar-refractivity contribution in [3.63, 3.8) is 0 Å². The predicted molar refractivity (Wildman–Crippen MR) is 118 cm³/mol. The summed E-state index contributed by atoms with van der Waals surface area (Å²) in [5.74, 6) is -0.0976. The normalized spacial score (nSPS) is 11.3. The third-order valence-electron chi connectivity index (χ3n) is 5.30. The molecule has 0 aliphatic heterocycles. The van der Waals surface area contributed by atoms with Gasteiger partial charge in [0.2, 0.25) is 5.52 Å². The molecular weight excluding hydrogens is 379 g/mol. The van der Waals surface area contributed by atoms with Crippen molar-refractivity contribution in [2.45, 2.75) is 34.6 Å². The first-order valence-corrected chi connectivity index (χ1v) is 10.8. The van der Waals surface area contributed by atoms with Crippen LogP contribution in [0.5, 0.6) is 0 Å². The molecule has 29 heavy (non-hydrogen) atoms. The topological polar surface area (TPSA) is 51.2 Å². The first-order chi connectivity index (χ1) is 13.7. The predicted octanol–water partition coefficient (Wildman–Crippen LogP) is 5.75. The molecule has 0 heterocycles. The zero-order valence-electron chi connectivity index (χ0n) is 17.4. The minimum absolute atomic E-state index is 0.0976. The van der Waals surface area contributed by atoms with Crippen LogP contribution >= 0.6 is 7.80 Å². The number of hydrogen-bond donors (Lipinski definition) is 0. The molecule has 1 atom stereocenters.